The predicted octanol–water partition coefficient (Wildman–Crippen LogP) is 2.04. The van der Waals surface area contributed by atoms with Gasteiger partial charge in [-0.3, -0.25) is 0 Å². The third kappa shape index (κ3) is 1.09. The molecule has 1 aliphatic heterocycles. The fraction of sp³-hybridized carbons (Fsp3) is 0.444. The summed E-state index contributed by atoms with van der Waals surface area (Å²) in [5.41, 5.74) is 2.47. The van der Waals surface area contributed by atoms with Crippen LogP contribution in [-0.4, -0.2) is 12.8 Å². The average molecular weight is 149 g/mol. The molecule has 0 atom stereocenters. The van der Waals surface area contributed by atoms with Gasteiger partial charge in [-0.05, 0) is 24.8 Å². The minimum absolute atomic E-state index is 0.758. The standard InChI is InChI=1S/C9H11NO/c1-11-9-6-7-4-2-3-5-8(7)10-9/h4,6H,2-3,5H2,1H3. The van der Waals surface area contributed by atoms with Crippen molar-refractivity contribution >= 4 is 5.71 Å². The van der Waals surface area contributed by atoms with Crippen LogP contribution in [0.3, 0.4) is 0 Å². The molecule has 0 saturated carbocycles. The number of allylic oxidation sites excluding steroid dienone is 3. The van der Waals surface area contributed by atoms with Crippen LogP contribution in [0, 0.1) is 0 Å². The molecule has 2 heteroatoms. The van der Waals surface area contributed by atoms with Gasteiger partial charge >= 0.3 is 0 Å². The molecule has 0 N–H and O–H groups in total. The second kappa shape index (κ2) is 2.53. The van der Waals surface area contributed by atoms with Crippen molar-refractivity contribution in [1.82, 2.24) is 0 Å². The number of ether oxygens (including phenoxy) is 1. The predicted molar refractivity (Wildman–Crippen MR) is 44.5 cm³/mol. The maximum Gasteiger partial charge on any atom is 0.213 e. The molecule has 58 valence electrons. The highest BCUT2D eigenvalue weighted by Gasteiger charge is 2.16. The van der Waals surface area contributed by atoms with Gasteiger partial charge in [0.2, 0.25) is 5.88 Å². The van der Waals surface area contributed by atoms with Crippen LogP contribution in [0.25, 0.3) is 0 Å². The van der Waals surface area contributed by atoms with Crippen LogP contribution in [0.4, 0.5) is 0 Å². The molecule has 2 aliphatic rings. The van der Waals surface area contributed by atoms with E-state index < -0.39 is 0 Å². The molecule has 1 aliphatic carbocycles. The van der Waals surface area contributed by atoms with E-state index >= 15 is 0 Å². The van der Waals surface area contributed by atoms with E-state index in [0.717, 1.165) is 12.3 Å². The zero-order valence-electron chi connectivity index (χ0n) is 6.63. The Bertz CT molecular complexity index is 261. The Hall–Kier alpha value is -1.05. The summed E-state index contributed by atoms with van der Waals surface area (Å²) in [7, 11) is 1.66. The lowest BCUT2D eigenvalue weighted by Crippen LogP contribution is -2.01. The van der Waals surface area contributed by atoms with Gasteiger partial charge in [0.1, 0.15) is 0 Å². The Morgan fingerprint density at radius 3 is 3.18 bits per heavy atom. The maximum absolute atomic E-state index is 5.04. The second-order valence-electron chi connectivity index (χ2n) is 2.80. The van der Waals surface area contributed by atoms with Crippen molar-refractivity contribution in [2.24, 2.45) is 4.99 Å². The van der Waals surface area contributed by atoms with E-state index in [2.05, 4.69) is 11.1 Å². The molecule has 0 unspecified atom stereocenters. The summed E-state index contributed by atoms with van der Waals surface area (Å²) in [6, 6.07) is 0. The number of hydrogen-bond donors (Lipinski definition) is 0. The van der Waals surface area contributed by atoms with Crippen molar-refractivity contribution < 1.29 is 4.74 Å². The molecule has 0 aromatic carbocycles. The lowest BCUT2D eigenvalue weighted by Gasteiger charge is -2.06. The molecular formula is C9H11NO. The van der Waals surface area contributed by atoms with Crippen molar-refractivity contribution in [2.45, 2.75) is 19.3 Å². The van der Waals surface area contributed by atoms with E-state index in [1.807, 2.05) is 6.08 Å². The third-order valence-electron chi connectivity index (χ3n) is 2.05. The fourth-order valence-electron chi connectivity index (χ4n) is 1.45. The average Bonchev–Trinajstić information content (AvgIpc) is 2.46. The molecule has 0 bridgehead atoms. The molecule has 0 saturated heterocycles. The molecule has 0 aromatic heterocycles. The molecule has 2 nitrogen and oxygen atoms in total. The quantitative estimate of drug-likeness (QED) is 0.559. The molecule has 2 rings (SSSR count). The highest BCUT2D eigenvalue weighted by atomic mass is 16.5. The van der Waals surface area contributed by atoms with Gasteiger partial charge in [0, 0.05) is 6.08 Å². The van der Waals surface area contributed by atoms with Crippen LogP contribution in [0.2, 0.25) is 0 Å². The number of hydrogen-bond acceptors (Lipinski definition) is 2. The van der Waals surface area contributed by atoms with Crippen molar-refractivity contribution in [2.75, 3.05) is 7.11 Å². The van der Waals surface area contributed by atoms with E-state index in [1.54, 1.807) is 7.11 Å². The van der Waals surface area contributed by atoms with Crippen LogP contribution in [0.1, 0.15) is 19.3 Å². The van der Waals surface area contributed by atoms with E-state index in [9.17, 15) is 0 Å². The summed E-state index contributed by atoms with van der Waals surface area (Å²) < 4.78 is 5.04. The zero-order valence-corrected chi connectivity index (χ0v) is 6.63. The first-order valence-electron chi connectivity index (χ1n) is 3.94. The first-order valence-corrected chi connectivity index (χ1v) is 3.94. The molecule has 0 amide bonds. The maximum atomic E-state index is 5.04. The Balaban J connectivity index is 2.30. The highest BCUT2D eigenvalue weighted by Crippen LogP contribution is 2.24. The van der Waals surface area contributed by atoms with Crippen molar-refractivity contribution in [3.05, 3.63) is 23.6 Å². The SMILES string of the molecule is COC1=CC2=CCCCC2=N1. The van der Waals surface area contributed by atoms with Gasteiger partial charge in [-0.2, -0.15) is 0 Å². The largest absolute Gasteiger partial charge is 0.481 e. The van der Waals surface area contributed by atoms with Gasteiger partial charge < -0.3 is 4.74 Å². The van der Waals surface area contributed by atoms with Gasteiger partial charge in [-0.1, -0.05) is 6.08 Å². The highest BCUT2D eigenvalue weighted by molar-refractivity contribution is 6.05. The first-order chi connectivity index (χ1) is 5.40. The van der Waals surface area contributed by atoms with Crippen LogP contribution in [0.5, 0.6) is 0 Å². The minimum Gasteiger partial charge on any atom is -0.481 e. The van der Waals surface area contributed by atoms with Crippen molar-refractivity contribution in [3.63, 3.8) is 0 Å². The second-order valence-corrected chi connectivity index (χ2v) is 2.80. The Kier molecular flexibility index (Phi) is 1.53. The van der Waals surface area contributed by atoms with Gasteiger partial charge in [0.25, 0.3) is 0 Å². The smallest absolute Gasteiger partial charge is 0.213 e. The molecule has 1 heterocycles. The molecule has 11 heavy (non-hydrogen) atoms. The third-order valence-corrected chi connectivity index (χ3v) is 2.05. The number of fused-ring (bicyclic) bond motifs is 1. The van der Waals surface area contributed by atoms with E-state index in [-0.39, 0.29) is 0 Å². The monoisotopic (exact) mass is 149 g/mol. The topological polar surface area (TPSA) is 21.6 Å². The summed E-state index contributed by atoms with van der Waals surface area (Å²) in [5, 5.41) is 0. The molecule has 0 spiro atoms. The molecular weight excluding hydrogens is 138 g/mol. The summed E-state index contributed by atoms with van der Waals surface area (Å²) in [4.78, 5) is 4.32. The van der Waals surface area contributed by atoms with Crippen LogP contribution < -0.4 is 0 Å². The lowest BCUT2D eigenvalue weighted by molar-refractivity contribution is 0.290. The van der Waals surface area contributed by atoms with Gasteiger partial charge in [0.05, 0.1) is 12.8 Å². The molecule has 0 fully saturated rings. The zero-order chi connectivity index (χ0) is 7.68. The number of nitrogens with zero attached hydrogens (tertiary/aromatic N) is 1. The number of rotatable bonds is 1. The van der Waals surface area contributed by atoms with E-state index in [4.69, 9.17) is 4.74 Å². The van der Waals surface area contributed by atoms with Crippen LogP contribution in [-0.2, 0) is 4.74 Å². The van der Waals surface area contributed by atoms with Crippen LogP contribution in [0.15, 0.2) is 28.6 Å². The first kappa shape index (κ1) is 6.65. The Labute approximate surface area is 66.3 Å². The lowest BCUT2D eigenvalue weighted by atomic mass is 9.99. The Morgan fingerprint density at radius 1 is 1.55 bits per heavy atom. The molecule has 0 aromatic rings. The number of methoxy groups -OCH3 is 1. The summed E-state index contributed by atoms with van der Waals surface area (Å²) in [6.45, 7) is 0. The summed E-state index contributed by atoms with van der Waals surface area (Å²) in [6.07, 6.45) is 7.76. The fourth-order valence-corrected chi connectivity index (χ4v) is 1.45. The Morgan fingerprint density at radius 2 is 2.45 bits per heavy atom. The number of aliphatic imine (C=N–C) groups is 1. The molecule has 0 radical (unpaired) electrons. The van der Waals surface area contributed by atoms with Crippen LogP contribution >= 0.6 is 0 Å². The van der Waals surface area contributed by atoms with Gasteiger partial charge in [0.15, 0.2) is 0 Å². The van der Waals surface area contributed by atoms with Crippen molar-refractivity contribution in [3.8, 4) is 0 Å². The summed E-state index contributed by atoms with van der Waals surface area (Å²) in [5.74, 6) is 0.758. The normalized spacial score (nSPS) is 21.7. The van der Waals surface area contributed by atoms with Crippen molar-refractivity contribution in [1.29, 1.82) is 0 Å². The van der Waals surface area contributed by atoms with Gasteiger partial charge in [-0.25, -0.2) is 4.99 Å². The summed E-state index contributed by atoms with van der Waals surface area (Å²) >= 11 is 0. The van der Waals surface area contributed by atoms with E-state index in [1.165, 1.54) is 24.1 Å². The van der Waals surface area contributed by atoms with E-state index in [0.29, 0.717) is 0 Å². The van der Waals surface area contributed by atoms with Gasteiger partial charge in [-0.15, -0.1) is 0 Å². The minimum atomic E-state index is 0.758.